The minimum Gasteiger partial charge on any atom is -0.328 e. The zero-order valence-corrected chi connectivity index (χ0v) is 7.42. The van der Waals surface area contributed by atoms with Gasteiger partial charge in [0.2, 0.25) is 0 Å². The van der Waals surface area contributed by atoms with Gasteiger partial charge in [-0.3, -0.25) is 0 Å². The standard InChI is InChI=1S/C5H10IN3/c1-4(7)2-5-3-8-6-9-5/h3-4H,2,7H2,1H3,(H,8,9)/t4-/m1/s1. The lowest BCUT2D eigenvalue weighted by Gasteiger charge is -1.99. The molecule has 0 unspecified atom stereocenters. The number of hydrogen-bond acceptors (Lipinski definition) is 3. The molecule has 0 fully saturated rings. The van der Waals surface area contributed by atoms with Crippen LogP contribution >= 0.6 is 21.3 Å². The van der Waals surface area contributed by atoms with E-state index in [1.54, 1.807) is 0 Å². The molecule has 3 nitrogen and oxygen atoms in total. The van der Waals surface area contributed by atoms with Crippen molar-refractivity contribution >= 4 is 21.3 Å². The summed E-state index contributed by atoms with van der Waals surface area (Å²) in [6, 6.07) is 0.240. The van der Waals surface area contributed by atoms with E-state index in [0.29, 0.717) is 0 Å². The van der Waals surface area contributed by atoms with Crippen LogP contribution in [0.2, 0.25) is 0 Å². The summed E-state index contributed by atoms with van der Waals surface area (Å²) in [5, 5.41) is 0. The highest BCUT2D eigenvalue weighted by Gasteiger charge is 2.01. The van der Waals surface area contributed by atoms with E-state index in [1.807, 2.05) is 13.1 Å². The van der Waals surface area contributed by atoms with Gasteiger partial charge in [0, 0.05) is 18.7 Å². The molecule has 0 aromatic heterocycles. The third-order valence-electron chi connectivity index (χ3n) is 0.952. The first-order valence-corrected chi connectivity index (χ1v) is 4.88. The van der Waals surface area contributed by atoms with Crippen molar-refractivity contribution in [2.75, 3.05) is 0 Å². The van der Waals surface area contributed by atoms with Crippen LogP contribution in [-0.4, -0.2) is 6.04 Å². The third-order valence-corrected chi connectivity index (χ3v) is 2.40. The molecule has 52 valence electrons. The average molecular weight is 239 g/mol. The molecule has 1 aliphatic rings. The normalized spacial score (nSPS) is 20.0. The van der Waals surface area contributed by atoms with Gasteiger partial charge in [0.1, 0.15) is 21.3 Å². The van der Waals surface area contributed by atoms with Crippen LogP contribution in [0.4, 0.5) is 0 Å². The summed E-state index contributed by atoms with van der Waals surface area (Å²) in [6.07, 6.45) is 2.88. The number of rotatable bonds is 2. The van der Waals surface area contributed by atoms with Gasteiger partial charge in [0.15, 0.2) is 0 Å². The molecule has 0 saturated heterocycles. The van der Waals surface area contributed by atoms with E-state index in [-0.39, 0.29) is 27.3 Å². The number of nitrogens with two attached hydrogens (primary N) is 1. The topological polar surface area (TPSA) is 50.4 Å². The summed E-state index contributed by atoms with van der Waals surface area (Å²) in [6.45, 7) is 1.99. The molecule has 0 saturated carbocycles. The van der Waals surface area contributed by atoms with Gasteiger partial charge < -0.3 is 9.26 Å². The molecule has 0 aliphatic carbocycles. The first kappa shape index (κ1) is 7.14. The Kier molecular flexibility index (Phi) is 2.59. The summed E-state index contributed by atoms with van der Waals surface area (Å²) >= 11 is -0.103. The second-order valence-electron chi connectivity index (χ2n) is 2.10. The molecule has 3 N–H and O–H groups in total. The summed E-state index contributed by atoms with van der Waals surface area (Å²) in [7, 11) is 0. The zero-order valence-electron chi connectivity index (χ0n) is 5.26. The van der Waals surface area contributed by atoms with Gasteiger partial charge in [0.05, 0.1) is 5.70 Å². The van der Waals surface area contributed by atoms with Crippen molar-refractivity contribution in [1.29, 1.82) is 0 Å². The van der Waals surface area contributed by atoms with Crippen LogP contribution in [0.1, 0.15) is 13.3 Å². The lowest BCUT2D eigenvalue weighted by Crippen LogP contribution is -2.14. The molecule has 0 radical (unpaired) electrons. The van der Waals surface area contributed by atoms with E-state index in [0.717, 1.165) is 12.1 Å². The van der Waals surface area contributed by atoms with E-state index in [2.05, 4.69) is 6.68 Å². The van der Waals surface area contributed by atoms with Crippen LogP contribution in [0.25, 0.3) is 0 Å². The minimum absolute atomic E-state index is 0.103. The molecule has 1 heterocycles. The monoisotopic (exact) mass is 239 g/mol. The fourth-order valence-electron chi connectivity index (χ4n) is 0.614. The molecule has 1 atom stereocenters. The van der Waals surface area contributed by atoms with Crippen molar-refractivity contribution < 1.29 is 0 Å². The quantitative estimate of drug-likeness (QED) is 0.562. The van der Waals surface area contributed by atoms with Crippen LogP contribution in [-0.2, 0) is 0 Å². The van der Waals surface area contributed by atoms with Crippen molar-refractivity contribution in [1.82, 2.24) is 3.53 Å². The highest BCUT2D eigenvalue weighted by molar-refractivity contribution is 14.1. The molecule has 4 heteroatoms. The van der Waals surface area contributed by atoms with Crippen LogP contribution in [0.3, 0.4) is 0 Å². The predicted octanol–water partition coefficient (Wildman–Crippen LogP) is 1.24. The summed E-state index contributed by atoms with van der Waals surface area (Å²) in [5.41, 5.74) is 6.69. The summed E-state index contributed by atoms with van der Waals surface area (Å²) < 4.78 is 7.36. The maximum atomic E-state index is 5.56. The van der Waals surface area contributed by atoms with Gasteiger partial charge in [0.25, 0.3) is 0 Å². The first-order valence-electron chi connectivity index (χ1n) is 2.83. The summed E-state index contributed by atoms with van der Waals surface area (Å²) in [4.78, 5) is 0. The van der Waals surface area contributed by atoms with E-state index >= 15 is 0 Å². The molecule has 0 spiro atoms. The van der Waals surface area contributed by atoms with E-state index in [9.17, 15) is 0 Å². The highest BCUT2D eigenvalue weighted by atomic mass is 127. The van der Waals surface area contributed by atoms with Crippen molar-refractivity contribution in [3.63, 3.8) is 0 Å². The third kappa shape index (κ3) is 2.40. The average Bonchev–Trinajstić information content (AvgIpc) is 2.15. The number of nitrogens with one attached hydrogen (secondary N) is 1. The van der Waals surface area contributed by atoms with Gasteiger partial charge in [-0.2, -0.15) is 0 Å². The van der Waals surface area contributed by atoms with Gasteiger partial charge >= 0.3 is 0 Å². The molecular weight excluding hydrogens is 229 g/mol. The lowest BCUT2D eigenvalue weighted by molar-refractivity contribution is 0.728. The predicted molar refractivity (Wildman–Crippen MR) is 45.9 cm³/mol. The fourth-order valence-corrected chi connectivity index (χ4v) is 1.90. The van der Waals surface area contributed by atoms with Crippen molar-refractivity contribution in [3.8, 4) is 0 Å². The van der Waals surface area contributed by atoms with Crippen LogP contribution in [0.5, 0.6) is 0 Å². The van der Waals surface area contributed by atoms with Gasteiger partial charge in [-0.15, -0.1) is 0 Å². The molecule has 0 bridgehead atoms. The Labute approximate surface area is 65.2 Å². The summed E-state index contributed by atoms with van der Waals surface area (Å²) in [5.74, 6) is 0. The van der Waals surface area contributed by atoms with Crippen LogP contribution in [0, 0.1) is 0 Å². The molecule has 1 rings (SSSR count). The Morgan fingerprint density at radius 2 is 2.78 bits per heavy atom. The smallest absolute Gasteiger partial charge is 0.117 e. The SMILES string of the molecule is C[C@@H](N)CC1=CNI=N1. The maximum Gasteiger partial charge on any atom is 0.117 e. The fraction of sp³-hybridized carbons (Fsp3) is 0.600. The highest BCUT2D eigenvalue weighted by Crippen LogP contribution is 2.15. The minimum atomic E-state index is -0.103. The van der Waals surface area contributed by atoms with Gasteiger partial charge in [-0.25, -0.2) is 3.15 Å². The molecule has 0 aromatic rings. The molecular formula is C5H10IN3. The van der Waals surface area contributed by atoms with Crippen molar-refractivity contribution in [2.45, 2.75) is 19.4 Å². The number of halogens is 1. The zero-order chi connectivity index (χ0) is 6.69. The lowest BCUT2D eigenvalue weighted by atomic mass is 10.2. The van der Waals surface area contributed by atoms with Gasteiger partial charge in [-0.1, -0.05) is 0 Å². The molecule has 0 aromatic carbocycles. The number of hydrogen-bond donors (Lipinski definition) is 2. The van der Waals surface area contributed by atoms with E-state index in [1.165, 1.54) is 0 Å². The number of nitrogens with zero attached hydrogens (tertiary/aromatic N) is 1. The Balaban J connectivity index is 2.35. The second-order valence-corrected chi connectivity index (χ2v) is 3.68. The van der Waals surface area contributed by atoms with Crippen molar-refractivity contribution in [3.05, 3.63) is 11.9 Å². The maximum absolute atomic E-state index is 5.56. The second kappa shape index (κ2) is 3.26. The Hall–Kier alpha value is 0.0300. The Morgan fingerprint density at radius 1 is 2.00 bits per heavy atom. The van der Waals surface area contributed by atoms with Gasteiger partial charge in [-0.05, 0) is 6.92 Å². The largest absolute Gasteiger partial charge is 0.328 e. The molecule has 9 heavy (non-hydrogen) atoms. The molecule has 1 aliphatic heterocycles. The van der Waals surface area contributed by atoms with E-state index in [4.69, 9.17) is 5.73 Å². The Bertz CT molecular complexity index is 150. The van der Waals surface area contributed by atoms with Crippen molar-refractivity contribution in [2.24, 2.45) is 8.88 Å². The first-order chi connectivity index (χ1) is 4.29. The Morgan fingerprint density at radius 3 is 3.22 bits per heavy atom. The molecule has 0 amide bonds. The van der Waals surface area contributed by atoms with Crippen LogP contribution in [0.15, 0.2) is 15.0 Å². The van der Waals surface area contributed by atoms with E-state index < -0.39 is 0 Å². The van der Waals surface area contributed by atoms with Crippen LogP contribution < -0.4 is 9.26 Å².